The van der Waals surface area contributed by atoms with E-state index in [9.17, 15) is 19.5 Å². The van der Waals surface area contributed by atoms with Crippen LogP contribution in [0.25, 0.3) is 16.4 Å². The number of amides is 1. The van der Waals surface area contributed by atoms with Crippen molar-refractivity contribution in [1.82, 2.24) is 14.5 Å². The molecule has 9 heteroatoms. The van der Waals surface area contributed by atoms with Crippen LogP contribution in [0, 0.1) is 0 Å². The van der Waals surface area contributed by atoms with Gasteiger partial charge in [-0.25, -0.2) is 9.20 Å². The molecule has 3 aromatic rings. The number of aliphatic carboxylic acids is 1. The fraction of sp³-hybridized carbons (Fsp3) is 0.381. The number of carboxylic acids is 1. The molecule has 0 radical (unpaired) electrons. The molecule has 0 bridgehead atoms. The molecule has 0 atom stereocenters. The van der Waals surface area contributed by atoms with Crippen LogP contribution >= 0.6 is 0 Å². The van der Waals surface area contributed by atoms with Crippen molar-refractivity contribution in [2.45, 2.75) is 38.1 Å². The molecule has 0 saturated heterocycles. The lowest BCUT2D eigenvalue weighted by Crippen LogP contribution is -2.39. The van der Waals surface area contributed by atoms with E-state index in [1.165, 1.54) is 4.68 Å². The summed E-state index contributed by atoms with van der Waals surface area (Å²) in [5.41, 5.74) is -0.0945. The molecular weight excluding hydrogens is 390 g/mol. The number of rotatable bonds is 5. The maximum absolute atomic E-state index is 13.4. The third-order valence-corrected chi connectivity index (χ3v) is 5.65. The Hall–Kier alpha value is -3.49. The lowest BCUT2D eigenvalue weighted by atomic mass is 9.95. The van der Waals surface area contributed by atoms with Crippen LogP contribution in [-0.2, 0) is 4.79 Å². The lowest BCUT2D eigenvalue weighted by molar-refractivity contribution is -0.135. The van der Waals surface area contributed by atoms with Crippen molar-refractivity contribution in [3.63, 3.8) is 0 Å². The van der Waals surface area contributed by atoms with Crippen LogP contribution in [0.4, 0.5) is 0 Å². The molecule has 3 N–H and O–H groups in total. The summed E-state index contributed by atoms with van der Waals surface area (Å²) in [6.07, 6.45) is 4.56. The van der Waals surface area contributed by atoms with Crippen LogP contribution in [0.5, 0.6) is 11.5 Å². The van der Waals surface area contributed by atoms with Gasteiger partial charge in [0, 0.05) is 11.5 Å². The Kier molecular flexibility index (Phi) is 5.11. The number of hydrogen-bond donors (Lipinski definition) is 3. The van der Waals surface area contributed by atoms with Crippen LogP contribution < -0.4 is 15.6 Å². The first-order valence-electron chi connectivity index (χ1n) is 9.89. The summed E-state index contributed by atoms with van der Waals surface area (Å²) in [6, 6.07) is 6.95. The predicted octanol–water partition coefficient (Wildman–Crippen LogP) is 2.29. The Labute approximate surface area is 171 Å². The number of carbonyl (C=O) groups is 2. The largest absolute Gasteiger partial charge is 0.505 e. The topological polar surface area (TPSA) is 122 Å². The molecule has 4 rings (SSSR count). The second kappa shape index (κ2) is 7.74. The van der Waals surface area contributed by atoms with Crippen molar-refractivity contribution in [3.05, 3.63) is 40.2 Å². The zero-order valence-corrected chi connectivity index (χ0v) is 16.6. The molecule has 2 aromatic heterocycles. The van der Waals surface area contributed by atoms with E-state index in [4.69, 9.17) is 9.84 Å². The van der Waals surface area contributed by atoms with Crippen molar-refractivity contribution in [2.75, 3.05) is 13.7 Å². The summed E-state index contributed by atoms with van der Waals surface area (Å²) in [7, 11) is 1.55. The Bertz CT molecular complexity index is 1200. The zero-order valence-electron chi connectivity index (χ0n) is 16.6. The van der Waals surface area contributed by atoms with Gasteiger partial charge in [-0.1, -0.05) is 19.3 Å². The number of nitrogens with one attached hydrogen (secondary N) is 1. The summed E-state index contributed by atoms with van der Waals surface area (Å²) < 4.78 is 8.51. The molecular formula is C21H23N3O6. The minimum absolute atomic E-state index is 0.137. The Morgan fingerprint density at radius 1 is 1.17 bits per heavy atom. The molecule has 0 aliphatic heterocycles. The number of ether oxygens (including phenoxy) is 1. The maximum atomic E-state index is 13.4. The maximum Gasteiger partial charge on any atom is 0.322 e. The summed E-state index contributed by atoms with van der Waals surface area (Å²) in [6.45, 7) is -0.646. The number of nitrogens with zero attached hydrogens (tertiary/aromatic N) is 2. The molecule has 2 heterocycles. The second-order valence-corrected chi connectivity index (χ2v) is 7.51. The van der Waals surface area contributed by atoms with Crippen molar-refractivity contribution in [2.24, 2.45) is 0 Å². The Balaban J connectivity index is 2.02. The molecule has 1 aliphatic carbocycles. The Morgan fingerprint density at radius 3 is 2.57 bits per heavy atom. The molecule has 1 aliphatic rings. The highest BCUT2D eigenvalue weighted by Crippen LogP contribution is 2.34. The Morgan fingerprint density at radius 2 is 1.90 bits per heavy atom. The van der Waals surface area contributed by atoms with Crippen LogP contribution in [0.15, 0.2) is 29.1 Å². The van der Waals surface area contributed by atoms with E-state index >= 15 is 0 Å². The highest BCUT2D eigenvalue weighted by Gasteiger charge is 2.28. The molecule has 9 nitrogen and oxygen atoms in total. The highest BCUT2D eigenvalue weighted by atomic mass is 16.5. The molecule has 0 spiro atoms. The van der Waals surface area contributed by atoms with Crippen LogP contribution in [0.1, 0.15) is 48.5 Å². The summed E-state index contributed by atoms with van der Waals surface area (Å²) in [5, 5.41) is 22.7. The number of aromatic hydroxyl groups is 1. The minimum atomic E-state index is -1.24. The average Bonchev–Trinajstić information content (AvgIpc) is 3.12. The number of aromatic nitrogens is 2. The number of fused-ring (bicyclic) bond motifs is 3. The fourth-order valence-corrected chi connectivity index (χ4v) is 4.23. The first-order chi connectivity index (χ1) is 14.4. The molecule has 1 fully saturated rings. The van der Waals surface area contributed by atoms with Crippen LogP contribution in [0.2, 0.25) is 0 Å². The van der Waals surface area contributed by atoms with Gasteiger partial charge in [0.1, 0.15) is 23.4 Å². The minimum Gasteiger partial charge on any atom is -0.505 e. The van der Waals surface area contributed by atoms with Gasteiger partial charge in [-0.15, -0.1) is 0 Å². The SMILES string of the molecule is COc1ccc2cc3c(O)c(C(=O)NCC(=O)O)c(=O)n(C4CCCCC4)n3c2c1. The summed E-state index contributed by atoms with van der Waals surface area (Å²) in [4.78, 5) is 36.9. The first kappa shape index (κ1) is 19.8. The van der Waals surface area contributed by atoms with Gasteiger partial charge in [-0.2, -0.15) is 0 Å². The van der Waals surface area contributed by atoms with Crippen LogP contribution in [-0.4, -0.2) is 44.9 Å². The van der Waals surface area contributed by atoms with Gasteiger partial charge in [0.15, 0.2) is 5.75 Å². The van der Waals surface area contributed by atoms with E-state index in [1.807, 2.05) is 6.07 Å². The van der Waals surface area contributed by atoms with E-state index < -0.39 is 35.3 Å². The van der Waals surface area contributed by atoms with Crippen molar-refractivity contribution < 1.29 is 24.5 Å². The van der Waals surface area contributed by atoms with E-state index in [0.717, 1.165) is 37.5 Å². The third-order valence-electron chi connectivity index (χ3n) is 5.65. The number of carboxylic acid groups (broad SMARTS) is 1. The lowest BCUT2D eigenvalue weighted by Gasteiger charge is -2.26. The second-order valence-electron chi connectivity index (χ2n) is 7.51. The van der Waals surface area contributed by atoms with Crippen molar-refractivity contribution in [3.8, 4) is 11.5 Å². The standard InChI is InChI=1S/C21H23N3O6/c1-30-14-8-7-12-9-16-19(27)18(20(28)22-11-17(25)26)21(29)23(24(16)15(12)10-14)13-5-3-2-4-6-13/h7-10,13,27H,2-6,11H2,1H3,(H,22,28)(H,25,26). The van der Waals surface area contributed by atoms with E-state index in [2.05, 4.69) is 5.32 Å². The van der Waals surface area contributed by atoms with Gasteiger partial charge < -0.3 is 20.3 Å². The number of carbonyl (C=O) groups excluding carboxylic acids is 1. The van der Waals surface area contributed by atoms with E-state index in [0.29, 0.717) is 16.8 Å². The monoisotopic (exact) mass is 413 g/mol. The predicted molar refractivity (Wildman–Crippen MR) is 109 cm³/mol. The number of benzene rings is 1. The van der Waals surface area contributed by atoms with Gasteiger partial charge in [0.25, 0.3) is 11.5 Å². The molecule has 158 valence electrons. The number of hydrogen-bond acceptors (Lipinski definition) is 5. The molecule has 0 unspecified atom stereocenters. The fourth-order valence-electron chi connectivity index (χ4n) is 4.23. The molecule has 1 amide bonds. The number of methoxy groups -OCH3 is 1. The molecule has 1 saturated carbocycles. The van der Waals surface area contributed by atoms with Gasteiger partial charge in [-0.3, -0.25) is 14.4 Å². The van der Waals surface area contributed by atoms with Gasteiger partial charge in [0.2, 0.25) is 0 Å². The summed E-state index contributed by atoms with van der Waals surface area (Å²) >= 11 is 0. The molecule has 1 aromatic carbocycles. The van der Waals surface area contributed by atoms with E-state index in [-0.39, 0.29) is 6.04 Å². The quantitative estimate of drug-likeness (QED) is 0.590. The summed E-state index contributed by atoms with van der Waals surface area (Å²) in [5.74, 6) is -2.01. The molecule has 30 heavy (non-hydrogen) atoms. The van der Waals surface area contributed by atoms with Gasteiger partial charge in [0.05, 0.1) is 18.7 Å². The van der Waals surface area contributed by atoms with Crippen molar-refractivity contribution >= 4 is 28.3 Å². The zero-order chi connectivity index (χ0) is 21.4. The third kappa shape index (κ3) is 3.26. The van der Waals surface area contributed by atoms with Gasteiger partial charge >= 0.3 is 5.97 Å². The van der Waals surface area contributed by atoms with Gasteiger partial charge in [-0.05, 0) is 31.0 Å². The van der Waals surface area contributed by atoms with Crippen molar-refractivity contribution in [1.29, 1.82) is 0 Å². The normalized spacial score (nSPS) is 14.8. The van der Waals surface area contributed by atoms with E-state index in [1.54, 1.807) is 29.8 Å². The van der Waals surface area contributed by atoms with Crippen LogP contribution in [0.3, 0.4) is 0 Å². The highest BCUT2D eigenvalue weighted by molar-refractivity contribution is 6.01. The smallest absolute Gasteiger partial charge is 0.322 e. The first-order valence-corrected chi connectivity index (χ1v) is 9.89. The average molecular weight is 413 g/mol.